The molecule has 58 valence electrons. The van der Waals surface area contributed by atoms with E-state index in [1.54, 1.807) is 0 Å². The van der Waals surface area contributed by atoms with Crippen LogP contribution in [0.4, 0.5) is 0 Å². The molecule has 0 radical (unpaired) electrons. The Morgan fingerprint density at radius 3 is 2.20 bits per heavy atom. The molecule has 0 aliphatic carbocycles. The van der Waals surface area contributed by atoms with Crippen molar-refractivity contribution in [1.82, 2.24) is 5.32 Å². The zero-order valence-electron chi connectivity index (χ0n) is 7.36. The van der Waals surface area contributed by atoms with Crippen molar-refractivity contribution in [3.05, 3.63) is 23.9 Å². The van der Waals surface area contributed by atoms with Crippen molar-refractivity contribution in [2.75, 3.05) is 0 Å². The quantitative estimate of drug-likeness (QED) is 0.592. The summed E-state index contributed by atoms with van der Waals surface area (Å²) in [7, 11) is 0. The summed E-state index contributed by atoms with van der Waals surface area (Å²) in [6, 6.07) is 0.475. The van der Waals surface area contributed by atoms with Gasteiger partial charge in [-0.25, -0.2) is 0 Å². The fraction of sp³-hybridized carbons (Fsp3) is 0.556. The maximum absolute atomic E-state index is 3.85. The average molecular weight is 139 g/mol. The Morgan fingerprint density at radius 2 is 1.90 bits per heavy atom. The van der Waals surface area contributed by atoms with Gasteiger partial charge >= 0.3 is 0 Å². The molecule has 0 fully saturated rings. The standard InChI is InChI=1S/C9H17N/c1-7(2)6-9(5)10-8(3)4/h6,8,10H,5H2,1-4H3. The second-order valence-electron chi connectivity index (χ2n) is 3.05. The van der Waals surface area contributed by atoms with Crippen LogP contribution in [0.15, 0.2) is 23.9 Å². The van der Waals surface area contributed by atoms with Crippen LogP contribution < -0.4 is 5.32 Å². The van der Waals surface area contributed by atoms with Gasteiger partial charge in [0.15, 0.2) is 0 Å². The van der Waals surface area contributed by atoms with Gasteiger partial charge in [0.2, 0.25) is 0 Å². The highest BCUT2D eigenvalue weighted by molar-refractivity contribution is 5.16. The van der Waals surface area contributed by atoms with Crippen LogP contribution in [0.3, 0.4) is 0 Å². The first-order chi connectivity index (χ1) is 4.52. The van der Waals surface area contributed by atoms with E-state index < -0.39 is 0 Å². The van der Waals surface area contributed by atoms with Gasteiger partial charge in [-0.15, -0.1) is 0 Å². The summed E-state index contributed by atoms with van der Waals surface area (Å²) >= 11 is 0. The third-order valence-electron chi connectivity index (χ3n) is 0.937. The minimum absolute atomic E-state index is 0.475. The molecule has 1 N–H and O–H groups in total. The van der Waals surface area contributed by atoms with Gasteiger partial charge in [-0.05, 0) is 33.8 Å². The number of allylic oxidation sites excluding steroid dienone is 2. The number of hydrogen-bond donors (Lipinski definition) is 1. The van der Waals surface area contributed by atoms with E-state index in [0.29, 0.717) is 6.04 Å². The molecular weight excluding hydrogens is 122 g/mol. The van der Waals surface area contributed by atoms with Crippen LogP contribution in [0.1, 0.15) is 27.7 Å². The molecule has 0 saturated heterocycles. The van der Waals surface area contributed by atoms with Gasteiger partial charge in [0.1, 0.15) is 0 Å². The Bertz CT molecular complexity index is 139. The summed E-state index contributed by atoms with van der Waals surface area (Å²) in [6.45, 7) is 12.2. The highest BCUT2D eigenvalue weighted by Gasteiger charge is 1.90. The Labute approximate surface area is 63.8 Å². The lowest BCUT2D eigenvalue weighted by molar-refractivity contribution is 0.682. The van der Waals surface area contributed by atoms with Gasteiger partial charge < -0.3 is 5.32 Å². The van der Waals surface area contributed by atoms with Gasteiger partial charge in [-0.1, -0.05) is 12.2 Å². The van der Waals surface area contributed by atoms with E-state index in [0.717, 1.165) is 5.70 Å². The second kappa shape index (κ2) is 4.15. The van der Waals surface area contributed by atoms with Crippen molar-refractivity contribution in [3.8, 4) is 0 Å². The molecule has 0 amide bonds. The smallest absolute Gasteiger partial charge is 0.0268 e. The largest absolute Gasteiger partial charge is 0.383 e. The van der Waals surface area contributed by atoms with E-state index in [9.17, 15) is 0 Å². The van der Waals surface area contributed by atoms with E-state index >= 15 is 0 Å². The lowest BCUT2D eigenvalue weighted by Crippen LogP contribution is -2.20. The fourth-order valence-electron chi connectivity index (χ4n) is 0.761. The summed E-state index contributed by atoms with van der Waals surface area (Å²) in [5.74, 6) is 0. The molecule has 10 heavy (non-hydrogen) atoms. The van der Waals surface area contributed by atoms with Gasteiger partial charge in [-0.2, -0.15) is 0 Å². The molecule has 0 unspecified atom stereocenters. The van der Waals surface area contributed by atoms with Crippen LogP contribution in [0.25, 0.3) is 0 Å². The molecule has 1 nitrogen and oxygen atoms in total. The molecule has 0 bridgehead atoms. The van der Waals surface area contributed by atoms with Crippen LogP contribution >= 0.6 is 0 Å². The molecule has 0 atom stereocenters. The maximum atomic E-state index is 3.85. The van der Waals surface area contributed by atoms with Crippen molar-refractivity contribution in [2.45, 2.75) is 33.7 Å². The molecule has 1 heteroatoms. The Kier molecular flexibility index (Phi) is 3.85. The Hall–Kier alpha value is -0.720. The van der Waals surface area contributed by atoms with Crippen LogP contribution in [0.5, 0.6) is 0 Å². The molecule has 0 heterocycles. The normalized spacial score (nSPS) is 9.30. The highest BCUT2D eigenvalue weighted by atomic mass is 14.9. The van der Waals surface area contributed by atoms with Crippen LogP contribution in [0, 0.1) is 0 Å². The van der Waals surface area contributed by atoms with Crippen molar-refractivity contribution in [1.29, 1.82) is 0 Å². The zero-order valence-corrected chi connectivity index (χ0v) is 7.36. The van der Waals surface area contributed by atoms with E-state index in [1.165, 1.54) is 5.57 Å². The molecule has 0 aromatic rings. The average Bonchev–Trinajstić information content (AvgIpc) is 1.58. The molecule has 0 rings (SSSR count). The molecule has 0 saturated carbocycles. The lowest BCUT2D eigenvalue weighted by atomic mass is 10.2. The van der Waals surface area contributed by atoms with Crippen molar-refractivity contribution >= 4 is 0 Å². The Morgan fingerprint density at radius 1 is 1.40 bits per heavy atom. The topological polar surface area (TPSA) is 12.0 Å². The molecule has 0 spiro atoms. The summed E-state index contributed by atoms with van der Waals surface area (Å²) in [6.07, 6.45) is 2.04. The summed E-state index contributed by atoms with van der Waals surface area (Å²) in [5.41, 5.74) is 2.27. The van der Waals surface area contributed by atoms with Crippen LogP contribution in [-0.2, 0) is 0 Å². The predicted molar refractivity (Wildman–Crippen MR) is 46.8 cm³/mol. The summed E-state index contributed by atoms with van der Waals surface area (Å²) in [4.78, 5) is 0. The second-order valence-corrected chi connectivity index (χ2v) is 3.05. The molecule has 0 aliphatic heterocycles. The van der Waals surface area contributed by atoms with Gasteiger partial charge in [-0.3, -0.25) is 0 Å². The third kappa shape index (κ3) is 5.42. The van der Waals surface area contributed by atoms with Crippen molar-refractivity contribution in [2.24, 2.45) is 0 Å². The van der Waals surface area contributed by atoms with E-state index in [2.05, 4.69) is 39.6 Å². The first-order valence-electron chi connectivity index (χ1n) is 3.62. The zero-order chi connectivity index (χ0) is 8.15. The lowest BCUT2D eigenvalue weighted by Gasteiger charge is -2.09. The monoisotopic (exact) mass is 139 g/mol. The molecule has 0 aromatic carbocycles. The third-order valence-corrected chi connectivity index (χ3v) is 0.937. The predicted octanol–water partition coefficient (Wildman–Crippen LogP) is 2.46. The maximum Gasteiger partial charge on any atom is 0.0268 e. The van der Waals surface area contributed by atoms with Gasteiger partial charge in [0.25, 0.3) is 0 Å². The summed E-state index contributed by atoms with van der Waals surface area (Å²) in [5, 5.41) is 3.20. The van der Waals surface area contributed by atoms with Gasteiger partial charge in [0.05, 0.1) is 0 Å². The Balaban J connectivity index is 3.76. The van der Waals surface area contributed by atoms with E-state index in [4.69, 9.17) is 0 Å². The minimum atomic E-state index is 0.475. The minimum Gasteiger partial charge on any atom is -0.383 e. The fourth-order valence-corrected chi connectivity index (χ4v) is 0.761. The van der Waals surface area contributed by atoms with Crippen molar-refractivity contribution < 1.29 is 0 Å². The van der Waals surface area contributed by atoms with Crippen molar-refractivity contribution in [3.63, 3.8) is 0 Å². The SMILES string of the molecule is C=C(C=C(C)C)NC(C)C. The number of rotatable bonds is 3. The molecule has 0 aliphatic rings. The van der Waals surface area contributed by atoms with E-state index in [-0.39, 0.29) is 0 Å². The molecular formula is C9H17N. The van der Waals surface area contributed by atoms with Gasteiger partial charge in [0, 0.05) is 11.7 Å². The van der Waals surface area contributed by atoms with Crippen LogP contribution in [0.2, 0.25) is 0 Å². The first kappa shape index (κ1) is 9.28. The first-order valence-corrected chi connectivity index (χ1v) is 3.62. The number of nitrogens with one attached hydrogen (secondary N) is 1. The summed E-state index contributed by atoms with van der Waals surface area (Å²) < 4.78 is 0. The number of hydrogen-bond acceptors (Lipinski definition) is 1. The van der Waals surface area contributed by atoms with Crippen LogP contribution in [-0.4, -0.2) is 6.04 Å². The van der Waals surface area contributed by atoms with E-state index in [1.807, 2.05) is 6.08 Å². The highest BCUT2D eigenvalue weighted by Crippen LogP contribution is 1.96. The molecule has 0 aromatic heterocycles.